The summed E-state index contributed by atoms with van der Waals surface area (Å²) in [5, 5.41) is 10.6. The molecule has 0 bridgehead atoms. The molecule has 0 unspecified atom stereocenters. The van der Waals surface area contributed by atoms with Crippen molar-refractivity contribution in [3.05, 3.63) is 38.7 Å². The molecule has 2 heterocycles. The number of aryl methyl sites for hydroxylation is 2. The van der Waals surface area contributed by atoms with E-state index in [1.807, 2.05) is 11.9 Å². The number of benzene rings is 1. The predicted octanol–water partition coefficient (Wildman–Crippen LogP) is 1.63. The van der Waals surface area contributed by atoms with Crippen molar-refractivity contribution in [2.45, 2.75) is 26.7 Å². The Hall–Kier alpha value is -2.67. The number of phenols is 1. The molecule has 1 N–H and O–H groups in total. The second kappa shape index (κ2) is 7.52. The van der Waals surface area contributed by atoms with Crippen LogP contribution in [0.15, 0.2) is 15.3 Å². The zero-order chi connectivity index (χ0) is 19.7. The van der Waals surface area contributed by atoms with E-state index in [9.17, 15) is 19.5 Å². The van der Waals surface area contributed by atoms with Crippen molar-refractivity contribution in [2.75, 3.05) is 33.2 Å². The van der Waals surface area contributed by atoms with Gasteiger partial charge in [0.1, 0.15) is 5.75 Å². The fourth-order valence-electron chi connectivity index (χ4n) is 3.52. The molecule has 27 heavy (non-hydrogen) atoms. The summed E-state index contributed by atoms with van der Waals surface area (Å²) < 4.78 is 5.34. The van der Waals surface area contributed by atoms with Gasteiger partial charge < -0.3 is 19.3 Å². The molecule has 1 aliphatic rings. The van der Waals surface area contributed by atoms with E-state index in [-0.39, 0.29) is 35.6 Å². The lowest BCUT2D eigenvalue weighted by molar-refractivity contribution is -0.132. The zero-order valence-electron chi connectivity index (χ0n) is 15.9. The van der Waals surface area contributed by atoms with E-state index in [0.29, 0.717) is 41.5 Å². The largest absolute Gasteiger partial charge is 0.507 e. The first-order chi connectivity index (χ1) is 12.8. The summed E-state index contributed by atoms with van der Waals surface area (Å²) in [6, 6.07) is 1.70. The minimum Gasteiger partial charge on any atom is -0.507 e. The van der Waals surface area contributed by atoms with Crippen LogP contribution in [0.25, 0.3) is 11.0 Å². The molecular formula is C20H24N2O5. The Kier molecular flexibility index (Phi) is 5.32. The van der Waals surface area contributed by atoms with E-state index in [1.54, 1.807) is 19.9 Å². The maximum Gasteiger partial charge on any atom is 0.339 e. The summed E-state index contributed by atoms with van der Waals surface area (Å²) in [6.45, 7) is 6.55. The second-order valence-electron chi connectivity index (χ2n) is 7.13. The van der Waals surface area contributed by atoms with Crippen LogP contribution in [0.2, 0.25) is 0 Å². The number of likely N-dealkylation sites (N-methyl/N-ethyl adjacent to an activating group) is 1. The average molecular weight is 372 g/mol. The number of rotatable bonds is 4. The molecule has 1 fully saturated rings. The molecule has 1 saturated heterocycles. The topological polar surface area (TPSA) is 91.1 Å². The van der Waals surface area contributed by atoms with Gasteiger partial charge in [0, 0.05) is 43.5 Å². The lowest BCUT2D eigenvalue weighted by Crippen LogP contribution is -2.47. The highest BCUT2D eigenvalue weighted by Crippen LogP contribution is 2.31. The number of nitrogens with zero attached hydrogens (tertiary/aromatic N) is 2. The highest BCUT2D eigenvalue weighted by Gasteiger charge is 2.21. The Balaban J connectivity index is 1.89. The third-order valence-electron chi connectivity index (χ3n) is 5.34. The lowest BCUT2D eigenvalue weighted by atomic mass is 9.98. The fourth-order valence-corrected chi connectivity index (χ4v) is 3.52. The standard InChI is InChI=1S/C20H24N2O5/c1-12-10-15-13(2)14(20(26)27-19(15)16(11-23)18(12)25)4-5-17(24)22-8-6-21(3)7-9-22/h10-11,25H,4-9H2,1-3H3. The van der Waals surface area contributed by atoms with Crippen LogP contribution in [0.5, 0.6) is 5.75 Å². The molecule has 2 aromatic rings. The number of carbonyl (C=O) groups is 2. The van der Waals surface area contributed by atoms with Crippen LogP contribution in [0, 0.1) is 13.8 Å². The predicted molar refractivity (Wildman–Crippen MR) is 101 cm³/mol. The molecule has 7 heteroatoms. The van der Waals surface area contributed by atoms with Gasteiger partial charge in [-0.1, -0.05) is 0 Å². The van der Waals surface area contributed by atoms with Crippen LogP contribution in [0.3, 0.4) is 0 Å². The highest BCUT2D eigenvalue weighted by atomic mass is 16.4. The number of aldehydes is 1. The number of phenolic OH excluding ortho intramolecular Hbond substituents is 1. The van der Waals surface area contributed by atoms with Gasteiger partial charge in [-0.05, 0) is 44.5 Å². The SMILES string of the molecule is Cc1cc2c(C)c(CCC(=O)N3CCN(C)CC3)c(=O)oc2c(C=O)c1O. The molecule has 1 amide bonds. The van der Waals surface area contributed by atoms with Crippen molar-refractivity contribution < 1.29 is 19.1 Å². The van der Waals surface area contributed by atoms with E-state index < -0.39 is 5.63 Å². The number of amides is 1. The summed E-state index contributed by atoms with van der Waals surface area (Å²) in [6.07, 6.45) is 1.01. The molecule has 0 atom stereocenters. The first-order valence-corrected chi connectivity index (χ1v) is 9.03. The second-order valence-corrected chi connectivity index (χ2v) is 7.13. The normalized spacial score (nSPS) is 15.3. The number of carbonyl (C=O) groups excluding carboxylic acids is 2. The molecule has 144 valence electrons. The van der Waals surface area contributed by atoms with Gasteiger partial charge in [-0.3, -0.25) is 9.59 Å². The van der Waals surface area contributed by atoms with Gasteiger partial charge in [-0.25, -0.2) is 4.79 Å². The Bertz CT molecular complexity index is 955. The molecule has 7 nitrogen and oxygen atoms in total. The van der Waals surface area contributed by atoms with Gasteiger partial charge in [-0.2, -0.15) is 0 Å². The third-order valence-corrected chi connectivity index (χ3v) is 5.34. The number of aromatic hydroxyl groups is 1. The third kappa shape index (κ3) is 3.60. The first kappa shape index (κ1) is 19.1. The smallest absolute Gasteiger partial charge is 0.339 e. The van der Waals surface area contributed by atoms with E-state index in [2.05, 4.69) is 4.90 Å². The summed E-state index contributed by atoms with van der Waals surface area (Å²) in [5.74, 6) is -0.157. The van der Waals surface area contributed by atoms with Crippen LogP contribution in [0.4, 0.5) is 0 Å². The quantitative estimate of drug-likeness (QED) is 0.648. The molecule has 1 aliphatic heterocycles. The van der Waals surface area contributed by atoms with Gasteiger partial charge in [0.05, 0.1) is 5.56 Å². The van der Waals surface area contributed by atoms with Crippen molar-refractivity contribution in [3.63, 3.8) is 0 Å². The Labute approximate surface area is 157 Å². The van der Waals surface area contributed by atoms with Gasteiger partial charge >= 0.3 is 5.63 Å². The highest BCUT2D eigenvalue weighted by molar-refractivity contribution is 5.99. The Morgan fingerprint density at radius 3 is 2.56 bits per heavy atom. The van der Waals surface area contributed by atoms with Crippen LogP contribution in [-0.4, -0.2) is 60.3 Å². The monoisotopic (exact) mass is 372 g/mol. The lowest BCUT2D eigenvalue weighted by Gasteiger charge is -2.32. The number of piperazine rings is 1. The minimum absolute atomic E-state index is 0.0229. The number of fused-ring (bicyclic) bond motifs is 1. The van der Waals surface area contributed by atoms with Crippen LogP contribution in [0.1, 0.15) is 33.5 Å². The molecule has 0 radical (unpaired) electrons. The Morgan fingerprint density at radius 2 is 1.93 bits per heavy atom. The van der Waals surface area contributed by atoms with E-state index >= 15 is 0 Å². The molecule has 0 saturated carbocycles. The molecule has 1 aromatic heterocycles. The van der Waals surface area contributed by atoms with Crippen molar-refractivity contribution in [2.24, 2.45) is 0 Å². The van der Waals surface area contributed by atoms with Crippen molar-refractivity contribution in [1.29, 1.82) is 0 Å². The maximum absolute atomic E-state index is 12.5. The maximum atomic E-state index is 12.5. The molecule has 0 aliphatic carbocycles. The zero-order valence-corrected chi connectivity index (χ0v) is 15.9. The van der Waals surface area contributed by atoms with Gasteiger partial charge in [0.15, 0.2) is 11.9 Å². The summed E-state index contributed by atoms with van der Waals surface area (Å²) >= 11 is 0. The number of hydrogen-bond acceptors (Lipinski definition) is 6. The summed E-state index contributed by atoms with van der Waals surface area (Å²) in [5.41, 5.74) is 1.14. The molecule has 3 rings (SSSR count). The number of hydrogen-bond donors (Lipinski definition) is 1. The molecule has 0 spiro atoms. The van der Waals surface area contributed by atoms with Gasteiger partial charge in [0.25, 0.3) is 0 Å². The van der Waals surface area contributed by atoms with E-state index in [1.165, 1.54) is 0 Å². The first-order valence-electron chi connectivity index (χ1n) is 9.03. The summed E-state index contributed by atoms with van der Waals surface area (Å²) in [7, 11) is 2.03. The van der Waals surface area contributed by atoms with Gasteiger partial charge in [0.2, 0.25) is 5.91 Å². The van der Waals surface area contributed by atoms with E-state index in [0.717, 1.165) is 13.1 Å². The molecule has 1 aromatic carbocycles. The van der Waals surface area contributed by atoms with Crippen LogP contribution >= 0.6 is 0 Å². The average Bonchev–Trinajstić information content (AvgIpc) is 2.64. The molecular weight excluding hydrogens is 348 g/mol. The van der Waals surface area contributed by atoms with Crippen molar-refractivity contribution in [3.8, 4) is 5.75 Å². The van der Waals surface area contributed by atoms with E-state index in [4.69, 9.17) is 4.42 Å². The minimum atomic E-state index is -0.572. The van der Waals surface area contributed by atoms with Crippen LogP contribution < -0.4 is 5.63 Å². The van der Waals surface area contributed by atoms with Gasteiger partial charge in [-0.15, -0.1) is 0 Å². The summed E-state index contributed by atoms with van der Waals surface area (Å²) in [4.78, 5) is 40.3. The Morgan fingerprint density at radius 1 is 1.26 bits per heavy atom. The van der Waals surface area contributed by atoms with Crippen LogP contribution in [-0.2, 0) is 11.2 Å². The van der Waals surface area contributed by atoms with Crippen molar-refractivity contribution >= 4 is 23.2 Å². The fraction of sp³-hybridized carbons (Fsp3) is 0.450. The van der Waals surface area contributed by atoms with Crippen molar-refractivity contribution in [1.82, 2.24) is 9.80 Å².